The molecule has 1 aromatic rings. The SMILES string of the molecule is CCOC(=O)[C@H]1C(=O)C=C(C)[C@@H](C(=O)OCC)[C@@H]1c1cccc([N+](=O)[O-])c1. The van der Waals surface area contributed by atoms with Crippen LogP contribution in [0.1, 0.15) is 32.3 Å². The normalized spacial score (nSPS) is 22.0. The molecule has 2 rings (SSSR count). The highest BCUT2D eigenvalue weighted by atomic mass is 16.6. The number of benzene rings is 1. The van der Waals surface area contributed by atoms with E-state index >= 15 is 0 Å². The Labute approximate surface area is 156 Å². The summed E-state index contributed by atoms with van der Waals surface area (Å²) in [6, 6.07) is 5.59. The maximum atomic E-state index is 12.6. The summed E-state index contributed by atoms with van der Waals surface area (Å²) in [5.74, 6) is -4.99. The van der Waals surface area contributed by atoms with Crippen molar-refractivity contribution in [1.82, 2.24) is 0 Å². The maximum absolute atomic E-state index is 12.6. The molecule has 0 saturated heterocycles. The van der Waals surface area contributed by atoms with Crippen LogP contribution < -0.4 is 0 Å². The van der Waals surface area contributed by atoms with E-state index in [1.165, 1.54) is 24.3 Å². The van der Waals surface area contributed by atoms with Crippen LogP contribution in [-0.2, 0) is 23.9 Å². The molecular weight excluding hydrogens is 354 g/mol. The van der Waals surface area contributed by atoms with Crippen molar-refractivity contribution in [3.05, 3.63) is 51.6 Å². The van der Waals surface area contributed by atoms with E-state index in [1.807, 2.05) is 0 Å². The molecule has 144 valence electrons. The lowest BCUT2D eigenvalue weighted by Gasteiger charge is -2.34. The zero-order valence-corrected chi connectivity index (χ0v) is 15.3. The zero-order chi connectivity index (χ0) is 20.1. The minimum absolute atomic E-state index is 0.0665. The number of nitro groups is 1. The van der Waals surface area contributed by atoms with Gasteiger partial charge >= 0.3 is 11.9 Å². The summed E-state index contributed by atoms with van der Waals surface area (Å²) in [6.45, 7) is 5.05. The lowest BCUT2D eigenvalue weighted by molar-refractivity contribution is -0.384. The maximum Gasteiger partial charge on any atom is 0.317 e. The van der Waals surface area contributed by atoms with Gasteiger partial charge in [-0.15, -0.1) is 0 Å². The van der Waals surface area contributed by atoms with Crippen LogP contribution in [0.15, 0.2) is 35.9 Å². The number of allylic oxidation sites excluding steroid dienone is 1. The summed E-state index contributed by atoms with van der Waals surface area (Å²) in [5, 5.41) is 11.1. The molecule has 0 aliphatic heterocycles. The van der Waals surface area contributed by atoms with Crippen LogP contribution in [0.25, 0.3) is 0 Å². The van der Waals surface area contributed by atoms with Gasteiger partial charge in [-0.05, 0) is 32.4 Å². The van der Waals surface area contributed by atoms with Crippen LogP contribution in [0.2, 0.25) is 0 Å². The number of hydrogen-bond acceptors (Lipinski definition) is 7. The highest BCUT2D eigenvalue weighted by molar-refractivity contribution is 6.08. The smallest absolute Gasteiger partial charge is 0.317 e. The molecule has 0 radical (unpaired) electrons. The molecule has 0 N–H and O–H groups in total. The number of hydrogen-bond donors (Lipinski definition) is 0. The van der Waals surface area contributed by atoms with Gasteiger partial charge in [0.15, 0.2) is 5.78 Å². The predicted molar refractivity (Wildman–Crippen MR) is 94.8 cm³/mol. The topological polar surface area (TPSA) is 113 Å². The number of ether oxygens (including phenoxy) is 2. The van der Waals surface area contributed by atoms with Crippen LogP contribution in [0.3, 0.4) is 0 Å². The largest absolute Gasteiger partial charge is 0.466 e. The van der Waals surface area contributed by atoms with Gasteiger partial charge in [0.25, 0.3) is 5.69 Å². The van der Waals surface area contributed by atoms with Crippen molar-refractivity contribution in [3.8, 4) is 0 Å². The predicted octanol–water partition coefficient (Wildman–Crippen LogP) is 2.57. The summed E-state index contributed by atoms with van der Waals surface area (Å²) in [6.07, 6.45) is 1.25. The Balaban J connectivity index is 2.63. The third-order valence-electron chi connectivity index (χ3n) is 4.43. The van der Waals surface area contributed by atoms with Crippen molar-refractivity contribution < 1.29 is 28.8 Å². The highest BCUT2D eigenvalue weighted by Crippen LogP contribution is 2.42. The first-order chi connectivity index (χ1) is 12.8. The quantitative estimate of drug-likeness (QED) is 0.325. The molecule has 1 aromatic carbocycles. The van der Waals surface area contributed by atoms with E-state index in [1.54, 1.807) is 26.8 Å². The Morgan fingerprint density at radius 3 is 2.26 bits per heavy atom. The van der Waals surface area contributed by atoms with Crippen LogP contribution in [0.5, 0.6) is 0 Å². The van der Waals surface area contributed by atoms with Crippen molar-refractivity contribution in [2.75, 3.05) is 13.2 Å². The lowest BCUT2D eigenvalue weighted by atomic mass is 9.68. The van der Waals surface area contributed by atoms with Crippen LogP contribution in [-0.4, -0.2) is 35.9 Å². The molecule has 0 bridgehead atoms. The van der Waals surface area contributed by atoms with Crippen molar-refractivity contribution >= 4 is 23.4 Å². The van der Waals surface area contributed by atoms with Crippen molar-refractivity contribution in [2.45, 2.75) is 26.7 Å². The molecule has 3 atom stereocenters. The summed E-state index contributed by atoms with van der Waals surface area (Å²) in [4.78, 5) is 48.2. The van der Waals surface area contributed by atoms with Gasteiger partial charge in [-0.3, -0.25) is 24.5 Å². The fraction of sp³-hybridized carbons (Fsp3) is 0.421. The fourth-order valence-corrected chi connectivity index (χ4v) is 3.35. The number of rotatable bonds is 6. The monoisotopic (exact) mass is 375 g/mol. The minimum atomic E-state index is -1.27. The second-order valence-corrected chi connectivity index (χ2v) is 6.13. The second kappa shape index (κ2) is 8.57. The number of nitro benzene ring substituents is 1. The summed E-state index contributed by atoms with van der Waals surface area (Å²) in [7, 11) is 0. The van der Waals surface area contributed by atoms with Crippen molar-refractivity contribution in [2.24, 2.45) is 11.8 Å². The molecule has 1 aliphatic rings. The molecule has 0 saturated carbocycles. The van der Waals surface area contributed by atoms with Gasteiger partial charge in [0.1, 0.15) is 5.92 Å². The van der Waals surface area contributed by atoms with E-state index in [9.17, 15) is 24.5 Å². The van der Waals surface area contributed by atoms with Gasteiger partial charge in [0.05, 0.1) is 24.1 Å². The van der Waals surface area contributed by atoms with E-state index in [-0.39, 0.29) is 18.9 Å². The number of non-ortho nitro benzene ring substituents is 1. The average molecular weight is 375 g/mol. The molecule has 0 amide bonds. The Hall–Kier alpha value is -3.03. The summed E-state index contributed by atoms with van der Waals surface area (Å²) >= 11 is 0. The van der Waals surface area contributed by atoms with Gasteiger partial charge in [-0.1, -0.05) is 17.7 Å². The van der Waals surface area contributed by atoms with Crippen LogP contribution in [0.4, 0.5) is 5.69 Å². The molecule has 8 nitrogen and oxygen atoms in total. The summed E-state index contributed by atoms with van der Waals surface area (Å²) < 4.78 is 10.2. The third-order valence-corrected chi connectivity index (χ3v) is 4.43. The molecule has 0 spiro atoms. The van der Waals surface area contributed by atoms with Gasteiger partial charge in [-0.2, -0.15) is 0 Å². The van der Waals surface area contributed by atoms with E-state index in [0.717, 1.165) is 0 Å². The highest BCUT2D eigenvalue weighted by Gasteiger charge is 2.48. The minimum Gasteiger partial charge on any atom is -0.466 e. The Kier molecular flexibility index (Phi) is 6.44. The molecule has 0 unspecified atom stereocenters. The molecule has 0 fully saturated rings. The van der Waals surface area contributed by atoms with Gasteiger partial charge in [0.2, 0.25) is 0 Å². The standard InChI is InChI=1S/C19H21NO7/c1-4-26-18(22)15-11(3)9-14(21)17(19(23)27-5-2)16(15)12-7-6-8-13(10-12)20(24)25/h6-10,15-17H,4-5H2,1-3H3/t15-,16+,17+/m1/s1. The Bertz CT molecular complexity index is 799. The zero-order valence-electron chi connectivity index (χ0n) is 15.3. The van der Waals surface area contributed by atoms with Gasteiger partial charge in [-0.25, -0.2) is 0 Å². The molecule has 27 heavy (non-hydrogen) atoms. The Morgan fingerprint density at radius 2 is 1.70 bits per heavy atom. The number of carbonyl (C=O) groups excluding carboxylic acids is 3. The van der Waals surface area contributed by atoms with E-state index in [4.69, 9.17) is 9.47 Å². The van der Waals surface area contributed by atoms with Gasteiger partial charge in [0, 0.05) is 18.1 Å². The van der Waals surface area contributed by atoms with E-state index < -0.39 is 40.4 Å². The lowest BCUT2D eigenvalue weighted by Crippen LogP contribution is -2.41. The van der Waals surface area contributed by atoms with Crippen molar-refractivity contribution in [1.29, 1.82) is 0 Å². The number of esters is 2. The Morgan fingerprint density at radius 1 is 1.11 bits per heavy atom. The average Bonchev–Trinajstić information content (AvgIpc) is 2.61. The summed E-state index contributed by atoms with van der Waals surface area (Å²) in [5.41, 5.74) is 0.578. The molecular formula is C19H21NO7. The first-order valence-corrected chi connectivity index (χ1v) is 8.61. The van der Waals surface area contributed by atoms with Gasteiger partial charge < -0.3 is 9.47 Å². The molecule has 0 aromatic heterocycles. The first-order valence-electron chi connectivity index (χ1n) is 8.61. The molecule has 0 heterocycles. The fourth-order valence-electron chi connectivity index (χ4n) is 3.35. The molecule has 1 aliphatic carbocycles. The second-order valence-electron chi connectivity index (χ2n) is 6.13. The number of ketones is 1. The van der Waals surface area contributed by atoms with Crippen LogP contribution >= 0.6 is 0 Å². The first kappa shape index (κ1) is 20.3. The van der Waals surface area contributed by atoms with Crippen molar-refractivity contribution in [3.63, 3.8) is 0 Å². The van der Waals surface area contributed by atoms with Crippen LogP contribution in [0, 0.1) is 22.0 Å². The number of nitrogens with zero attached hydrogens (tertiary/aromatic N) is 1. The number of carbonyl (C=O) groups is 3. The molecule has 8 heteroatoms. The third kappa shape index (κ3) is 4.21. The van der Waals surface area contributed by atoms with E-state index in [0.29, 0.717) is 11.1 Å². The van der Waals surface area contributed by atoms with E-state index in [2.05, 4.69) is 0 Å².